The van der Waals surface area contributed by atoms with Gasteiger partial charge in [0.25, 0.3) is 0 Å². The fourth-order valence-corrected chi connectivity index (χ4v) is 3.29. The summed E-state index contributed by atoms with van der Waals surface area (Å²) < 4.78 is 11.4. The molecule has 0 bridgehead atoms. The van der Waals surface area contributed by atoms with Crippen LogP contribution in [-0.2, 0) is 11.3 Å². The standard InChI is InChI=1S/C15H18N4O3/c1-18-9-15(22-14(18)20)5-7-19(10-15)8-11-2-3-13(21-11)12-4-6-16-17-12/h2-4,6H,5,7-10H2,1H3,(H,16,17)/t15-/m0/s1. The Kier molecular flexibility index (Phi) is 2.97. The Morgan fingerprint density at radius 1 is 1.36 bits per heavy atom. The second-order valence-electron chi connectivity index (χ2n) is 6.10. The van der Waals surface area contributed by atoms with Gasteiger partial charge in [0.05, 0.1) is 13.1 Å². The van der Waals surface area contributed by atoms with Gasteiger partial charge in [0.15, 0.2) is 5.76 Å². The van der Waals surface area contributed by atoms with E-state index in [0.29, 0.717) is 6.54 Å². The van der Waals surface area contributed by atoms with Crippen molar-refractivity contribution in [1.82, 2.24) is 20.0 Å². The molecule has 1 amide bonds. The second kappa shape index (κ2) is 4.88. The molecular weight excluding hydrogens is 284 g/mol. The minimum atomic E-state index is -0.343. The van der Waals surface area contributed by atoms with Gasteiger partial charge in [-0.2, -0.15) is 5.10 Å². The Morgan fingerprint density at radius 2 is 2.27 bits per heavy atom. The van der Waals surface area contributed by atoms with Crippen molar-refractivity contribution < 1.29 is 13.9 Å². The largest absolute Gasteiger partial charge is 0.458 e. The van der Waals surface area contributed by atoms with E-state index in [2.05, 4.69) is 15.1 Å². The van der Waals surface area contributed by atoms with Gasteiger partial charge < -0.3 is 14.1 Å². The molecule has 2 aromatic rings. The van der Waals surface area contributed by atoms with Crippen LogP contribution in [0.2, 0.25) is 0 Å². The zero-order valence-electron chi connectivity index (χ0n) is 12.4. The number of ether oxygens (including phenoxy) is 1. The van der Waals surface area contributed by atoms with Crippen molar-refractivity contribution in [1.29, 1.82) is 0 Å². The second-order valence-corrected chi connectivity index (χ2v) is 6.10. The topological polar surface area (TPSA) is 74.6 Å². The molecule has 2 aliphatic rings. The number of likely N-dealkylation sites (N-methyl/N-ethyl adjacent to an activating group) is 1. The molecule has 0 aromatic carbocycles. The average Bonchev–Trinajstić information content (AvgIpc) is 3.22. The zero-order valence-corrected chi connectivity index (χ0v) is 12.4. The Bertz CT molecular complexity index is 681. The molecule has 1 spiro atoms. The average molecular weight is 302 g/mol. The summed E-state index contributed by atoms with van der Waals surface area (Å²) in [6.07, 6.45) is 2.35. The van der Waals surface area contributed by atoms with Crippen molar-refractivity contribution in [2.45, 2.75) is 18.6 Å². The van der Waals surface area contributed by atoms with Crippen LogP contribution in [0.25, 0.3) is 11.5 Å². The maximum Gasteiger partial charge on any atom is 0.410 e. The van der Waals surface area contributed by atoms with Crippen LogP contribution in [0.3, 0.4) is 0 Å². The van der Waals surface area contributed by atoms with Crippen molar-refractivity contribution in [2.24, 2.45) is 0 Å². The lowest BCUT2D eigenvalue weighted by Gasteiger charge is -2.21. The third-order valence-corrected chi connectivity index (χ3v) is 4.34. The van der Waals surface area contributed by atoms with Gasteiger partial charge in [0.2, 0.25) is 0 Å². The predicted octanol–water partition coefficient (Wildman–Crippen LogP) is 1.70. The predicted molar refractivity (Wildman–Crippen MR) is 78.0 cm³/mol. The van der Waals surface area contributed by atoms with Crippen molar-refractivity contribution >= 4 is 6.09 Å². The molecule has 2 saturated heterocycles. The smallest absolute Gasteiger partial charge is 0.410 e. The lowest BCUT2D eigenvalue weighted by molar-refractivity contribution is 0.0621. The highest BCUT2D eigenvalue weighted by atomic mass is 16.6. The lowest BCUT2D eigenvalue weighted by atomic mass is 10.0. The van der Waals surface area contributed by atoms with E-state index in [1.165, 1.54) is 0 Å². The highest BCUT2D eigenvalue weighted by Gasteiger charge is 2.48. The first kappa shape index (κ1) is 13.4. The Morgan fingerprint density at radius 3 is 3.00 bits per heavy atom. The van der Waals surface area contributed by atoms with Crippen LogP contribution < -0.4 is 0 Å². The number of rotatable bonds is 3. The maximum atomic E-state index is 11.6. The summed E-state index contributed by atoms with van der Waals surface area (Å²) in [5, 5.41) is 6.81. The fraction of sp³-hybridized carbons (Fsp3) is 0.467. The number of hydrogen-bond donors (Lipinski definition) is 1. The fourth-order valence-electron chi connectivity index (χ4n) is 3.29. The summed E-state index contributed by atoms with van der Waals surface area (Å²) in [5.41, 5.74) is 0.528. The lowest BCUT2D eigenvalue weighted by Crippen LogP contribution is -2.36. The molecule has 2 aliphatic heterocycles. The van der Waals surface area contributed by atoms with Gasteiger partial charge >= 0.3 is 6.09 Å². The summed E-state index contributed by atoms with van der Waals surface area (Å²) in [6, 6.07) is 5.80. The number of carbonyl (C=O) groups is 1. The maximum absolute atomic E-state index is 11.6. The monoisotopic (exact) mass is 302 g/mol. The highest BCUT2D eigenvalue weighted by Crippen LogP contribution is 2.32. The van der Waals surface area contributed by atoms with Gasteiger partial charge in [0.1, 0.15) is 17.1 Å². The molecule has 116 valence electrons. The first-order valence-electron chi connectivity index (χ1n) is 7.39. The molecule has 7 heteroatoms. The van der Waals surface area contributed by atoms with E-state index in [-0.39, 0.29) is 11.7 Å². The van der Waals surface area contributed by atoms with E-state index in [1.54, 1.807) is 18.1 Å². The minimum Gasteiger partial charge on any atom is -0.458 e. The number of carbonyl (C=O) groups excluding carboxylic acids is 1. The molecule has 0 unspecified atom stereocenters. The number of aromatic nitrogens is 2. The van der Waals surface area contributed by atoms with E-state index < -0.39 is 0 Å². The number of hydrogen-bond acceptors (Lipinski definition) is 5. The van der Waals surface area contributed by atoms with E-state index >= 15 is 0 Å². The third-order valence-electron chi connectivity index (χ3n) is 4.34. The number of aromatic amines is 1. The van der Waals surface area contributed by atoms with E-state index in [4.69, 9.17) is 9.15 Å². The van der Waals surface area contributed by atoms with Crippen molar-refractivity contribution in [3.8, 4) is 11.5 Å². The van der Waals surface area contributed by atoms with E-state index in [1.807, 2.05) is 18.2 Å². The molecule has 22 heavy (non-hydrogen) atoms. The van der Waals surface area contributed by atoms with Crippen molar-refractivity contribution in [3.05, 3.63) is 30.2 Å². The van der Waals surface area contributed by atoms with Crippen LogP contribution in [0.15, 0.2) is 28.8 Å². The van der Waals surface area contributed by atoms with Gasteiger partial charge in [-0.1, -0.05) is 0 Å². The van der Waals surface area contributed by atoms with Crippen molar-refractivity contribution in [3.63, 3.8) is 0 Å². The molecule has 2 aromatic heterocycles. The minimum absolute atomic E-state index is 0.221. The number of furan rings is 1. The van der Waals surface area contributed by atoms with Crippen molar-refractivity contribution in [2.75, 3.05) is 26.7 Å². The first-order valence-corrected chi connectivity index (χ1v) is 7.39. The molecule has 7 nitrogen and oxygen atoms in total. The van der Waals surface area contributed by atoms with E-state index in [9.17, 15) is 4.79 Å². The number of H-pyrrole nitrogens is 1. The van der Waals surface area contributed by atoms with Crippen LogP contribution >= 0.6 is 0 Å². The molecule has 0 saturated carbocycles. The quantitative estimate of drug-likeness (QED) is 0.934. The Hall–Kier alpha value is -2.28. The summed E-state index contributed by atoms with van der Waals surface area (Å²) >= 11 is 0. The summed E-state index contributed by atoms with van der Waals surface area (Å²) in [5.74, 6) is 1.69. The SMILES string of the molecule is CN1C[C@]2(CCN(Cc3ccc(-c4ccn[nH]4)o3)C2)OC1=O. The highest BCUT2D eigenvalue weighted by molar-refractivity contribution is 5.70. The van der Waals surface area contributed by atoms with Gasteiger partial charge in [-0.3, -0.25) is 10.00 Å². The van der Waals surface area contributed by atoms with Crippen LogP contribution in [0.1, 0.15) is 12.2 Å². The zero-order chi connectivity index (χ0) is 15.2. The molecule has 2 fully saturated rings. The molecular formula is C15H18N4O3. The Balaban J connectivity index is 1.42. The molecule has 4 heterocycles. The summed E-state index contributed by atoms with van der Waals surface area (Å²) in [7, 11) is 1.78. The van der Waals surface area contributed by atoms with Gasteiger partial charge in [-0.15, -0.1) is 0 Å². The van der Waals surface area contributed by atoms with E-state index in [0.717, 1.165) is 43.3 Å². The molecule has 0 radical (unpaired) electrons. The number of nitrogens with one attached hydrogen (secondary N) is 1. The van der Waals surface area contributed by atoms with Crippen LogP contribution in [0.5, 0.6) is 0 Å². The summed E-state index contributed by atoms with van der Waals surface area (Å²) in [6.45, 7) is 3.04. The Labute approximate surface area is 127 Å². The number of nitrogens with zero attached hydrogens (tertiary/aromatic N) is 3. The molecule has 4 rings (SSSR count). The molecule has 0 aliphatic carbocycles. The third kappa shape index (κ3) is 2.27. The van der Waals surface area contributed by atoms with Gasteiger partial charge in [-0.05, 0) is 18.2 Å². The normalized spacial score (nSPS) is 25.3. The van der Waals surface area contributed by atoms with Gasteiger partial charge in [-0.25, -0.2) is 4.79 Å². The molecule has 1 N–H and O–H groups in total. The number of likely N-dealkylation sites (tertiary alicyclic amines) is 1. The van der Waals surface area contributed by atoms with Crippen LogP contribution in [0, 0.1) is 0 Å². The molecule has 1 atom stereocenters. The first-order chi connectivity index (χ1) is 10.6. The summed E-state index contributed by atoms with van der Waals surface area (Å²) in [4.78, 5) is 15.5. The van der Waals surface area contributed by atoms with Crippen LogP contribution in [-0.4, -0.2) is 58.4 Å². The van der Waals surface area contributed by atoms with Crippen LogP contribution in [0.4, 0.5) is 4.79 Å². The van der Waals surface area contributed by atoms with Gasteiger partial charge in [0, 0.05) is 32.8 Å². The number of amides is 1.